The first kappa shape index (κ1) is 13.7. The molecule has 1 amide bonds. The summed E-state index contributed by atoms with van der Waals surface area (Å²) in [5.41, 5.74) is 6.42. The molecule has 1 aliphatic rings. The number of nitrogens with two attached hydrogens (primary N) is 1. The summed E-state index contributed by atoms with van der Waals surface area (Å²) in [6.07, 6.45) is 3.70. The summed E-state index contributed by atoms with van der Waals surface area (Å²) < 4.78 is 5.40. The molecule has 1 aliphatic heterocycles. The van der Waals surface area contributed by atoms with Crippen LogP contribution in [0.1, 0.15) is 23.3 Å². The summed E-state index contributed by atoms with van der Waals surface area (Å²) in [6.45, 7) is 1.34. The zero-order valence-corrected chi connectivity index (χ0v) is 10.2. The fraction of sp³-hybridized carbons (Fsp3) is 0.455. The van der Waals surface area contributed by atoms with Crippen molar-refractivity contribution in [2.45, 2.75) is 18.9 Å². The van der Waals surface area contributed by atoms with E-state index >= 15 is 0 Å². The van der Waals surface area contributed by atoms with Crippen LogP contribution in [0, 0.1) is 0 Å². The van der Waals surface area contributed by atoms with E-state index in [1.54, 1.807) is 12.1 Å². The molecule has 1 saturated heterocycles. The zero-order valence-electron chi connectivity index (χ0n) is 9.39. The number of nitrogens with one attached hydrogen (secondary N) is 1. The standard InChI is InChI=1S/C11H15N3O2.ClH/c12-8-3-4-10(13-6-8)11(15)14-7-9-2-1-5-16-9;/h3-4,6,9H,1-2,5,7,12H2,(H,14,15);1H. The van der Waals surface area contributed by atoms with Crippen molar-refractivity contribution in [3.05, 3.63) is 24.0 Å². The van der Waals surface area contributed by atoms with Gasteiger partial charge >= 0.3 is 0 Å². The fourth-order valence-corrected chi connectivity index (χ4v) is 1.64. The van der Waals surface area contributed by atoms with Crippen molar-refractivity contribution >= 4 is 24.0 Å². The molecule has 0 radical (unpaired) electrons. The molecule has 1 unspecified atom stereocenters. The summed E-state index contributed by atoms with van der Waals surface area (Å²) in [6, 6.07) is 3.27. The number of nitrogen functional groups attached to an aromatic ring is 1. The molecule has 0 saturated carbocycles. The predicted molar refractivity (Wildman–Crippen MR) is 67.2 cm³/mol. The second-order valence-electron chi connectivity index (χ2n) is 3.82. The number of carbonyl (C=O) groups is 1. The third kappa shape index (κ3) is 3.87. The first-order valence-corrected chi connectivity index (χ1v) is 5.37. The third-order valence-electron chi connectivity index (χ3n) is 2.53. The van der Waals surface area contributed by atoms with Gasteiger partial charge in [-0.05, 0) is 25.0 Å². The van der Waals surface area contributed by atoms with Gasteiger partial charge in [-0.1, -0.05) is 0 Å². The van der Waals surface area contributed by atoms with Gasteiger partial charge in [0.05, 0.1) is 18.0 Å². The summed E-state index contributed by atoms with van der Waals surface area (Å²) in [5.74, 6) is -0.185. The average Bonchev–Trinajstić information content (AvgIpc) is 2.80. The fourth-order valence-electron chi connectivity index (χ4n) is 1.64. The predicted octanol–water partition coefficient (Wildman–Crippen LogP) is 0.994. The third-order valence-corrected chi connectivity index (χ3v) is 2.53. The van der Waals surface area contributed by atoms with Crippen LogP contribution in [0.4, 0.5) is 5.69 Å². The second-order valence-corrected chi connectivity index (χ2v) is 3.82. The molecule has 0 aromatic carbocycles. The summed E-state index contributed by atoms with van der Waals surface area (Å²) in [4.78, 5) is 15.6. The molecule has 94 valence electrons. The molecule has 5 nitrogen and oxygen atoms in total. The molecule has 1 aromatic heterocycles. The van der Waals surface area contributed by atoms with Crippen molar-refractivity contribution in [1.82, 2.24) is 10.3 Å². The maximum absolute atomic E-state index is 11.6. The van der Waals surface area contributed by atoms with Crippen molar-refractivity contribution in [3.63, 3.8) is 0 Å². The van der Waals surface area contributed by atoms with Gasteiger partial charge in [0.2, 0.25) is 0 Å². The van der Waals surface area contributed by atoms with E-state index in [9.17, 15) is 4.79 Å². The second kappa shape index (κ2) is 6.42. The number of hydrogen-bond donors (Lipinski definition) is 2. The van der Waals surface area contributed by atoms with Crippen molar-refractivity contribution in [2.75, 3.05) is 18.9 Å². The van der Waals surface area contributed by atoms with Crippen LogP contribution in [0.25, 0.3) is 0 Å². The summed E-state index contributed by atoms with van der Waals surface area (Å²) >= 11 is 0. The Balaban J connectivity index is 0.00000144. The SMILES string of the molecule is Cl.Nc1ccc(C(=O)NCC2CCCO2)nc1. The van der Waals surface area contributed by atoms with Gasteiger partial charge in [-0.25, -0.2) is 4.98 Å². The van der Waals surface area contributed by atoms with E-state index in [-0.39, 0.29) is 24.4 Å². The molecule has 2 heterocycles. The van der Waals surface area contributed by atoms with Crippen LogP contribution in [0.15, 0.2) is 18.3 Å². The Morgan fingerprint density at radius 2 is 2.41 bits per heavy atom. The lowest BCUT2D eigenvalue weighted by Crippen LogP contribution is -2.32. The first-order chi connectivity index (χ1) is 7.75. The largest absolute Gasteiger partial charge is 0.397 e. The lowest BCUT2D eigenvalue weighted by Gasteiger charge is -2.10. The zero-order chi connectivity index (χ0) is 11.4. The molecule has 2 rings (SSSR count). The van der Waals surface area contributed by atoms with E-state index in [1.807, 2.05) is 0 Å². The van der Waals surface area contributed by atoms with Gasteiger partial charge < -0.3 is 15.8 Å². The molecule has 0 aliphatic carbocycles. The van der Waals surface area contributed by atoms with Crippen molar-refractivity contribution < 1.29 is 9.53 Å². The Hall–Kier alpha value is -1.33. The quantitative estimate of drug-likeness (QED) is 0.847. The molecule has 1 aromatic rings. The Bertz CT molecular complexity index is 363. The van der Waals surface area contributed by atoms with E-state index in [2.05, 4.69) is 10.3 Å². The number of aromatic nitrogens is 1. The molecule has 0 bridgehead atoms. The Morgan fingerprint density at radius 3 is 3.00 bits per heavy atom. The van der Waals surface area contributed by atoms with Crippen molar-refractivity contribution in [1.29, 1.82) is 0 Å². The van der Waals surface area contributed by atoms with Gasteiger partial charge in [-0.15, -0.1) is 12.4 Å². The molecular formula is C11H16ClN3O2. The van der Waals surface area contributed by atoms with Gasteiger partial charge in [0.1, 0.15) is 5.69 Å². The molecule has 6 heteroatoms. The minimum Gasteiger partial charge on any atom is -0.397 e. The highest BCUT2D eigenvalue weighted by molar-refractivity contribution is 5.92. The van der Waals surface area contributed by atoms with Crippen molar-refractivity contribution in [2.24, 2.45) is 0 Å². The first-order valence-electron chi connectivity index (χ1n) is 5.37. The van der Waals surface area contributed by atoms with E-state index in [1.165, 1.54) is 6.20 Å². The monoisotopic (exact) mass is 257 g/mol. The number of rotatable bonds is 3. The minimum absolute atomic E-state index is 0. The molecule has 1 atom stereocenters. The normalized spacial score (nSPS) is 18.5. The maximum atomic E-state index is 11.6. The number of carbonyl (C=O) groups excluding carboxylic acids is 1. The van der Waals surface area contributed by atoms with E-state index < -0.39 is 0 Å². The number of anilines is 1. The van der Waals surface area contributed by atoms with Crippen LogP contribution in [0.5, 0.6) is 0 Å². The highest BCUT2D eigenvalue weighted by Crippen LogP contribution is 2.10. The number of nitrogens with zero attached hydrogens (tertiary/aromatic N) is 1. The average molecular weight is 258 g/mol. The van der Waals surface area contributed by atoms with Crippen LogP contribution >= 0.6 is 12.4 Å². The smallest absolute Gasteiger partial charge is 0.269 e. The molecule has 0 spiro atoms. The van der Waals surface area contributed by atoms with Crippen LogP contribution in [-0.2, 0) is 4.74 Å². The Morgan fingerprint density at radius 1 is 1.59 bits per heavy atom. The van der Waals surface area contributed by atoms with E-state index in [4.69, 9.17) is 10.5 Å². The topological polar surface area (TPSA) is 77.2 Å². The minimum atomic E-state index is -0.185. The lowest BCUT2D eigenvalue weighted by atomic mass is 10.2. The van der Waals surface area contributed by atoms with Gasteiger partial charge in [0, 0.05) is 13.2 Å². The molecule has 3 N–H and O–H groups in total. The Kier molecular flexibility index (Phi) is 5.18. The number of amides is 1. The van der Waals surface area contributed by atoms with Crippen LogP contribution in [0.2, 0.25) is 0 Å². The van der Waals surface area contributed by atoms with Gasteiger partial charge in [0.15, 0.2) is 0 Å². The summed E-state index contributed by atoms with van der Waals surface area (Å²) in [7, 11) is 0. The summed E-state index contributed by atoms with van der Waals surface area (Å²) in [5, 5.41) is 2.79. The number of pyridine rings is 1. The van der Waals surface area contributed by atoms with Crippen LogP contribution < -0.4 is 11.1 Å². The molecular weight excluding hydrogens is 242 g/mol. The molecule has 17 heavy (non-hydrogen) atoms. The van der Waals surface area contributed by atoms with E-state index in [0.717, 1.165) is 19.4 Å². The highest BCUT2D eigenvalue weighted by atomic mass is 35.5. The van der Waals surface area contributed by atoms with E-state index in [0.29, 0.717) is 17.9 Å². The number of ether oxygens (including phenoxy) is 1. The highest BCUT2D eigenvalue weighted by Gasteiger charge is 2.16. The van der Waals surface area contributed by atoms with Crippen LogP contribution in [-0.4, -0.2) is 30.1 Å². The number of halogens is 1. The van der Waals surface area contributed by atoms with Crippen molar-refractivity contribution in [3.8, 4) is 0 Å². The maximum Gasteiger partial charge on any atom is 0.269 e. The van der Waals surface area contributed by atoms with Gasteiger partial charge in [0.25, 0.3) is 5.91 Å². The molecule has 1 fully saturated rings. The van der Waals surface area contributed by atoms with Gasteiger partial charge in [-0.2, -0.15) is 0 Å². The lowest BCUT2D eigenvalue weighted by molar-refractivity contribution is 0.0854. The number of hydrogen-bond acceptors (Lipinski definition) is 4. The van der Waals surface area contributed by atoms with Crippen LogP contribution in [0.3, 0.4) is 0 Å². The van der Waals surface area contributed by atoms with Gasteiger partial charge in [-0.3, -0.25) is 4.79 Å². The Labute approximate surface area is 106 Å².